The van der Waals surface area contributed by atoms with Gasteiger partial charge in [0.2, 0.25) is 5.92 Å². The summed E-state index contributed by atoms with van der Waals surface area (Å²) >= 11 is 0. The fourth-order valence-corrected chi connectivity index (χ4v) is 5.35. The zero-order valence-electron chi connectivity index (χ0n) is 20.0. The van der Waals surface area contributed by atoms with Crippen LogP contribution in [0.25, 0.3) is 33.3 Å². The van der Waals surface area contributed by atoms with Crippen molar-refractivity contribution in [2.75, 3.05) is 0 Å². The molecule has 0 unspecified atom stereocenters. The van der Waals surface area contributed by atoms with E-state index >= 15 is 0 Å². The second-order valence-electron chi connectivity index (χ2n) is 9.97. The third kappa shape index (κ3) is 4.06. The average Bonchev–Trinajstić information content (AvgIpc) is 3.50. The first-order valence-electron chi connectivity index (χ1n) is 11.6. The van der Waals surface area contributed by atoms with Crippen molar-refractivity contribution in [1.29, 1.82) is 0 Å². The molecule has 0 bridgehead atoms. The number of alkyl halides is 4. The summed E-state index contributed by atoms with van der Waals surface area (Å²) in [6, 6.07) is 1.98. The lowest BCUT2D eigenvalue weighted by molar-refractivity contribution is -0.0498. The molecule has 6 nitrogen and oxygen atoms in total. The van der Waals surface area contributed by atoms with E-state index in [1.807, 2.05) is 41.8 Å². The number of aryl methyl sites for hydroxylation is 2. The molecule has 182 valence electrons. The summed E-state index contributed by atoms with van der Waals surface area (Å²) in [6.45, 7) is 0.928. The second kappa shape index (κ2) is 8.27. The van der Waals surface area contributed by atoms with Crippen molar-refractivity contribution in [2.45, 2.75) is 57.3 Å². The van der Waals surface area contributed by atoms with Crippen LogP contribution < -0.4 is 0 Å². The maximum Gasteiger partial charge on any atom is 0.333 e. The Balaban J connectivity index is 1.68. The second-order valence-corrected chi connectivity index (χ2v) is 9.97. The van der Waals surface area contributed by atoms with Gasteiger partial charge in [-0.2, -0.15) is 13.9 Å². The molecule has 1 fully saturated rings. The van der Waals surface area contributed by atoms with Crippen molar-refractivity contribution < 1.29 is 22.1 Å². The largest absolute Gasteiger partial charge is 0.361 e. The van der Waals surface area contributed by atoms with Gasteiger partial charge in [0.05, 0.1) is 22.9 Å². The first-order chi connectivity index (χ1) is 16.5. The number of fused-ring (bicyclic) bond motifs is 1. The molecule has 0 N–H and O–H groups in total. The van der Waals surface area contributed by atoms with Crippen molar-refractivity contribution in [3.63, 3.8) is 0 Å². The summed E-state index contributed by atoms with van der Waals surface area (Å²) in [5.74, 6) is -1.95. The highest BCUT2D eigenvalue weighted by Gasteiger charge is 2.41. The van der Waals surface area contributed by atoms with Gasteiger partial charge in [-0.25, -0.2) is 13.5 Å². The lowest BCUT2D eigenvalue weighted by atomic mass is 9.52. The molecule has 0 radical (unpaired) electrons. The number of hydrogen-bond acceptors (Lipinski definition) is 4. The van der Waals surface area contributed by atoms with Gasteiger partial charge in [0.15, 0.2) is 0 Å². The summed E-state index contributed by atoms with van der Waals surface area (Å²) in [5, 5.41) is 7.30. The molecular formula is C23H25B2F4N5O. The van der Waals surface area contributed by atoms with Gasteiger partial charge in [0, 0.05) is 53.7 Å². The molecule has 1 saturated carbocycles. The molecule has 0 atom stereocenters. The average molecular weight is 485 g/mol. The lowest BCUT2D eigenvalue weighted by Crippen LogP contribution is -2.45. The predicted octanol–water partition coefficient (Wildman–Crippen LogP) is 4.27. The highest BCUT2D eigenvalue weighted by atomic mass is 19.3. The van der Waals surface area contributed by atoms with Crippen LogP contribution in [0.2, 0.25) is 0 Å². The topological polar surface area (TPSA) is 61.7 Å². The molecule has 4 aromatic heterocycles. The SMILES string of the molecule is BC(B)(C1CCC(F)(F)CC1)n1cc(-c2cnn(C(F)F)c2)c2ncc(-c3c(C)noc3C)cc21. The van der Waals surface area contributed by atoms with Gasteiger partial charge in [-0.15, -0.1) is 0 Å². The Morgan fingerprint density at radius 3 is 2.43 bits per heavy atom. The summed E-state index contributed by atoms with van der Waals surface area (Å²) in [6.07, 6.45) is 6.80. The van der Waals surface area contributed by atoms with Gasteiger partial charge >= 0.3 is 6.55 Å². The number of nitrogens with zero attached hydrogens (tertiary/aromatic N) is 5. The van der Waals surface area contributed by atoms with Crippen molar-refractivity contribution in [2.24, 2.45) is 5.92 Å². The normalized spacial score (nSPS) is 17.0. The number of aromatic nitrogens is 5. The van der Waals surface area contributed by atoms with Crippen LogP contribution in [0, 0.1) is 19.8 Å². The maximum absolute atomic E-state index is 13.9. The zero-order chi connectivity index (χ0) is 25.1. The smallest absolute Gasteiger partial charge is 0.333 e. The van der Waals surface area contributed by atoms with Gasteiger partial charge in [0.1, 0.15) is 21.5 Å². The molecule has 12 heteroatoms. The summed E-state index contributed by atoms with van der Waals surface area (Å²) in [5.41, 5.74) is 4.97. The molecular weight excluding hydrogens is 460 g/mol. The molecule has 35 heavy (non-hydrogen) atoms. The standard InChI is InChI=1S/C23H25B2F4N5O/c1-12-19(13(2)35-32-12)14-7-18-20(30-8-14)17(15-9-31-34(10-15)21(26)27)11-33(18)23(24,25)16-3-5-22(28,29)6-4-16/h7-11,16,21H,3-6,24-25H2,1-2H3. The Morgan fingerprint density at radius 1 is 1.11 bits per heavy atom. The summed E-state index contributed by atoms with van der Waals surface area (Å²) < 4.78 is 62.2. The molecule has 0 aromatic carbocycles. The lowest BCUT2D eigenvalue weighted by Gasteiger charge is -2.41. The van der Waals surface area contributed by atoms with E-state index < -0.39 is 17.8 Å². The predicted molar refractivity (Wildman–Crippen MR) is 129 cm³/mol. The molecule has 5 rings (SSSR count). The minimum absolute atomic E-state index is 0.0112. The monoisotopic (exact) mass is 485 g/mol. The number of rotatable bonds is 5. The van der Waals surface area contributed by atoms with Crippen molar-refractivity contribution in [1.82, 2.24) is 24.5 Å². The summed E-state index contributed by atoms with van der Waals surface area (Å²) in [4.78, 5) is 4.72. The van der Waals surface area contributed by atoms with Gasteiger partial charge in [-0.3, -0.25) is 4.98 Å². The highest BCUT2D eigenvalue weighted by molar-refractivity contribution is 6.38. The van der Waals surface area contributed by atoms with Crippen LogP contribution in [-0.4, -0.2) is 46.1 Å². The van der Waals surface area contributed by atoms with Gasteiger partial charge < -0.3 is 9.09 Å². The van der Waals surface area contributed by atoms with Crippen molar-refractivity contribution >= 4 is 26.7 Å². The molecule has 0 amide bonds. The van der Waals surface area contributed by atoms with Crippen LogP contribution in [0.5, 0.6) is 0 Å². The van der Waals surface area contributed by atoms with E-state index in [4.69, 9.17) is 9.51 Å². The molecule has 0 saturated heterocycles. The van der Waals surface area contributed by atoms with Crippen molar-refractivity contribution in [3.05, 3.63) is 42.3 Å². The number of halogens is 4. The van der Waals surface area contributed by atoms with E-state index in [1.54, 1.807) is 6.20 Å². The molecule has 0 aliphatic heterocycles. The van der Waals surface area contributed by atoms with Crippen molar-refractivity contribution in [3.8, 4) is 22.3 Å². The summed E-state index contributed by atoms with van der Waals surface area (Å²) in [7, 11) is 4.07. The van der Waals surface area contributed by atoms with Gasteiger partial charge in [0.25, 0.3) is 0 Å². The van der Waals surface area contributed by atoms with Crippen LogP contribution in [0.15, 0.2) is 35.4 Å². The van der Waals surface area contributed by atoms with Gasteiger partial charge in [-0.05, 0) is 44.0 Å². The van der Waals surface area contributed by atoms with Gasteiger partial charge in [-0.1, -0.05) is 5.16 Å². The minimum Gasteiger partial charge on any atom is -0.361 e. The van der Waals surface area contributed by atoms with Crippen LogP contribution >= 0.6 is 0 Å². The molecule has 4 heterocycles. The van der Waals surface area contributed by atoms with Crippen LogP contribution in [-0.2, 0) is 5.34 Å². The Bertz CT molecular complexity index is 1360. The molecule has 1 aliphatic carbocycles. The quantitative estimate of drug-likeness (QED) is 0.313. The van der Waals surface area contributed by atoms with E-state index in [2.05, 4.69) is 14.8 Å². The van der Waals surface area contributed by atoms with E-state index in [0.29, 0.717) is 39.9 Å². The first-order valence-corrected chi connectivity index (χ1v) is 11.6. The molecule has 4 aromatic rings. The minimum atomic E-state index is -2.75. The van der Waals surface area contributed by atoms with E-state index in [-0.39, 0.29) is 18.8 Å². The zero-order valence-corrected chi connectivity index (χ0v) is 20.0. The van der Waals surface area contributed by atoms with Crippen LogP contribution in [0.4, 0.5) is 17.6 Å². The van der Waals surface area contributed by atoms with E-state index in [1.165, 1.54) is 12.4 Å². The highest BCUT2D eigenvalue weighted by Crippen LogP contribution is 2.43. The van der Waals surface area contributed by atoms with Crippen LogP contribution in [0.1, 0.15) is 43.7 Å². The third-order valence-electron chi connectivity index (χ3n) is 7.41. The Morgan fingerprint density at radius 2 is 1.83 bits per heavy atom. The molecule has 0 spiro atoms. The Kier molecular flexibility index (Phi) is 5.60. The van der Waals surface area contributed by atoms with E-state index in [9.17, 15) is 17.6 Å². The Labute approximate surface area is 201 Å². The Hall–Kier alpha value is -3.04. The first kappa shape index (κ1) is 23.7. The third-order valence-corrected chi connectivity index (χ3v) is 7.41. The maximum atomic E-state index is 13.9. The fraction of sp³-hybridized carbons (Fsp3) is 0.435. The fourth-order valence-electron chi connectivity index (χ4n) is 5.35. The number of pyridine rings is 1. The van der Waals surface area contributed by atoms with E-state index in [0.717, 1.165) is 22.3 Å². The molecule has 1 aliphatic rings. The number of hydrogen-bond donors (Lipinski definition) is 0. The van der Waals surface area contributed by atoms with Crippen LogP contribution in [0.3, 0.4) is 0 Å².